The molecule has 2 nitrogen and oxygen atoms in total. The van der Waals surface area contributed by atoms with Crippen LogP contribution in [-0.4, -0.2) is 33.0 Å². The van der Waals surface area contributed by atoms with Crippen molar-refractivity contribution >= 4 is 0 Å². The average molecular weight is 409 g/mol. The number of hydrogen-bond acceptors (Lipinski definition) is 2. The Hall–Kier alpha value is 0.790. The maximum atomic E-state index is 2.78. The van der Waals surface area contributed by atoms with Gasteiger partial charge in [0.15, 0.2) is 0 Å². The Bertz CT molecular complexity index is 163. The van der Waals surface area contributed by atoms with Crippen molar-refractivity contribution in [3.63, 3.8) is 0 Å². The van der Waals surface area contributed by atoms with Crippen molar-refractivity contribution in [1.29, 1.82) is 0 Å². The summed E-state index contributed by atoms with van der Waals surface area (Å²) in [6, 6.07) is 0. The van der Waals surface area contributed by atoms with Crippen LogP contribution in [0.1, 0.15) is 54.4 Å². The first-order valence-electron chi connectivity index (χ1n) is 7.35. The Morgan fingerprint density at radius 3 is 1.24 bits per heavy atom. The zero-order chi connectivity index (χ0) is 13.6. The van der Waals surface area contributed by atoms with E-state index >= 15 is 0 Å². The third kappa shape index (κ3) is 3.42. The molecule has 2 atom stereocenters. The SMILES string of the molecule is CC[CH](C)[Hf]([CH](C)CC)([N](C)CC)[N](C)CC. The van der Waals surface area contributed by atoms with E-state index in [1.54, 1.807) is 0 Å². The number of rotatable bonds is 8. The first-order chi connectivity index (χ1) is 7.93. The van der Waals surface area contributed by atoms with Crippen molar-refractivity contribution in [1.82, 2.24) is 5.78 Å². The van der Waals surface area contributed by atoms with Crippen LogP contribution in [-0.2, 0) is 20.5 Å². The molecule has 0 heterocycles. The third-order valence-electron chi connectivity index (χ3n) is 4.85. The second-order valence-electron chi connectivity index (χ2n) is 5.43. The van der Waals surface area contributed by atoms with E-state index in [1.165, 1.54) is 25.9 Å². The second-order valence-corrected chi connectivity index (χ2v) is 23.6. The van der Waals surface area contributed by atoms with E-state index in [9.17, 15) is 0 Å². The van der Waals surface area contributed by atoms with Gasteiger partial charge >= 0.3 is 115 Å². The summed E-state index contributed by atoms with van der Waals surface area (Å²) >= 11 is -2.59. The Morgan fingerprint density at radius 2 is 1.06 bits per heavy atom. The predicted molar refractivity (Wildman–Crippen MR) is 76.0 cm³/mol. The zero-order valence-corrected chi connectivity index (χ0v) is 17.0. The molecule has 17 heavy (non-hydrogen) atoms. The maximum absolute atomic E-state index is 2.78. The number of hydrogen-bond donors (Lipinski definition) is 0. The Balaban J connectivity index is 5.51. The van der Waals surface area contributed by atoms with Gasteiger partial charge in [0.1, 0.15) is 0 Å². The van der Waals surface area contributed by atoms with Gasteiger partial charge < -0.3 is 0 Å². The molecule has 0 aromatic carbocycles. The van der Waals surface area contributed by atoms with Gasteiger partial charge in [-0.3, -0.25) is 0 Å². The van der Waals surface area contributed by atoms with Gasteiger partial charge in [-0.2, -0.15) is 0 Å². The van der Waals surface area contributed by atoms with Gasteiger partial charge in [0.2, 0.25) is 0 Å². The first kappa shape index (κ1) is 17.8. The summed E-state index contributed by atoms with van der Waals surface area (Å²) in [5.41, 5.74) is 0. The van der Waals surface area contributed by atoms with E-state index in [1.807, 2.05) is 0 Å². The van der Waals surface area contributed by atoms with Crippen LogP contribution in [0.5, 0.6) is 0 Å². The van der Waals surface area contributed by atoms with Crippen LogP contribution in [0.25, 0.3) is 0 Å². The van der Waals surface area contributed by atoms with Gasteiger partial charge in [-0.15, -0.1) is 0 Å². The summed E-state index contributed by atoms with van der Waals surface area (Å²) < 4.78 is 7.37. The van der Waals surface area contributed by atoms with E-state index in [2.05, 4.69) is 61.4 Å². The molecular formula is C14H34HfN2. The molecule has 0 saturated heterocycles. The van der Waals surface area contributed by atoms with Crippen molar-refractivity contribution in [2.24, 2.45) is 0 Å². The van der Waals surface area contributed by atoms with Gasteiger partial charge in [0.05, 0.1) is 0 Å². The van der Waals surface area contributed by atoms with Crippen LogP contribution in [0.4, 0.5) is 0 Å². The monoisotopic (exact) mass is 410 g/mol. The van der Waals surface area contributed by atoms with E-state index in [0.29, 0.717) is 0 Å². The molecule has 3 heteroatoms. The van der Waals surface area contributed by atoms with Crippen LogP contribution in [0.3, 0.4) is 0 Å². The molecule has 0 aromatic rings. The van der Waals surface area contributed by atoms with Gasteiger partial charge in [-0.25, -0.2) is 0 Å². The topological polar surface area (TPSA) is 6.48 Å². The summed E-state index contributed by atoms with van der Waals surface area (Å²) in [6.45, 7) is 16.8. The average Bonchev–Trinajstić information content (AvgIpc) is 2.37. The third-order valence-corrected chi connectivity index (χ3v) is 29.3. The van der Waals surface area contributed by atoms with Gasteiger partial charge in [-0.05, 0) is 0 Å². The van der Waals surface area contributed by atoms with Crippen molar-refractivity contribution < 1.29 is 20.5 Å². The summed E-state index contributed by atoms with van der Waals surface area (Å²) in [6.07, 6.45) is 2.67. The van der Waals surface area contributed by atoms with Crippen LogP contribution in [0.15, 0.2) is 0 Å². The minimum atomic E-state index is -2.59. The first-order valence-corrected chi connectivity index (χ1v) is 14.7. The van der Waals surface area contributed by atoms with E-state index in [4.69, 9.17) is 0 Å². The Kier molecular flexibility index (Phi) is 8.43. The molecule has 0 saturated carbocycles. The molecule has 0 spiro atoms. The molecular weight excluding hydrogens is 375 g/mol. The summed E-state index contributed by atoms with van der Waals surface area (Å²) in [5, 5.41) is 0. The quantitative estimate of drug-likeness (QED) is 0.552. The van der Waals surface area contributed by atoms with E-state index in [-0.39, 0.29) is 0 Å². The molecule has 0 aliphatic heterocycles. The van der Waals surface area contributed by atoms with Crippen molar-refractivity contribution in [2.75, 3.05) is 27.2 Å². The van der Waals surface area contributed by atoms with Gasteiger partial charge in [0.25, 0.3) is 0 Å². The fourth-order valence-corrected chi connectivity index (χ4v) is 27.7. The van der Waals surface area contributed by atoms with Crippen LogP contribution < -0.4 is 0 Å². The minimum absolute atomic E-state index is 0.910. The molecule has 0 fully saturated rings. The van der Waals surface area contributed by atoms with Crippen molar-refractivity contribution in [3.05, 3.63) is 0 Å². The molecule has 0 amide bonds. The van der Waals surface area contributed by atoms with Crippen LogP contribution in [0, 0.1) is 0 Å². The van der Waals surface area contributed by atoms with E-state index in [0.717, 1.165) is 7.35 Å². The normalized spacial score (nSPS) is 16.6. The van der Waals surface area contributed by atoms with Crippen molar-refractivity contribution in [2.45, 2.75) is 61.7 Å². The Labute approximate surface area is 115 Å². The number of nitrogens with zero attached hydrogens (tertiary/aromatic N) is 2. The fraction of sp³-hybridized carbons (Fsp3) is 1.00. The van der Waals surface area contributed by atoms with Gasteiger partial charge in [0, 0.05) is 0 Å². The van der Waals surface area contributed by atoms with Gasteiger partial charge in [-0.1, -0.05) is 0 Å². The summed E-state index contributed by atoms with van der Waals surface area (Å²) in [5.74, 6) is 0. The van der Waals surface area contributed by atoms with Crippen LogP contribution in [0.2, 0.25) is 7.35 Å². The predicted octanol–water partition coefficient (Wildman–Crippen LogP) is 4.31. The second kappa shape index (κ2) is 8.06. The standard InChI is InChI=1S/2C4H9.2C3H8N.Hf/c4*1-3-4-2;/h2*3H,4H2,1-2H3;2*3H2,1-2H3;/q;;2*-1;+2. The zero-order valence-electron chi connectivity index (χ0n) is 13.4. The van der Waals surface area contributed by atoms with Crippen molar-refractivity contribution in [3.8, 4) is 0 Å². The van der Waals surface area contributed by atoms with Crippen LogP contribution >= 0.6 is 0 Å². The molecule has 0 rings (SSSR count). The summed E-state index contributed by atoms with van der Waals surface area (Å²) in [4.78, 5) is 0. The Morgan fingerprint density at radius 1 is 0.765 bits per heavy atom. The molecule has 0 bridgehead atoms. The molecule has 0 N–H and O–H groups in total. The molecule has 0 aromatic heterocycles. The molecule has 0 aliphatic carbocycles. The molecule has 2 unspecified atom stereocenters. The molecule has 104 valence electrons. The summed E-state index contributed by atoms with van der Waals surface area (Å²) in [7, 11) is 4.76. The fourth-order valence-electron chi connectivity index (χ4n) is 3.39. The van der Waals surface area contributed by atoms with E-state index < -0.39 is 20.5 Å². The molecule has 0 aliphatic rings. The molecule has 0 radical (unpaired) electrons.